The molecule has 0 saturated heterocycles. The summed E-state index contributed by atoms with van der Waals surface area (Å²) in [5.41, 5.74) is 4.04. The Labute approximate surface area is 217 Å². The molecule has 6 nitrogen and oxygen atoms in total. The third kappa shape index (κ3) is 4.28. The number of ether oxygens (including phenoxy) is 1. The van der Waals surface area contributed by atoms with Gasteiger partial charge >= 0.3 is 0 Å². The van der Waals surface area contributed by atoms with E-state index in [1.807, 2.05) is 54.6 Å². The lowest BCUT2D eigenvalue weighted by molar-refractivity contribution is 0.345. The Morgan fingerprint density at radius 1 is 0.944 bits per heavy atom. The third-order valence-corrected chi connectivity index (χ3v) is 8.66. The third-order valence-electron chi connectivity index (χ3n) is 5.95. The molecule has 0 aliphatic carbocycles. The predicted octanol–water partition coefficient (Wildman–Crippen LogP) is 6.77. The van der Waals surface area contributed by atoms with Crippen LogP contribution in [0.25, 0.3) is 21.3 Å². The van der Waals surface area contributed by atoms with Gasteiger partial charge in [0.25, 0.3) is 10.0 Å². The Bertz CT molecular complexity index is 1690. The monoisotopic (exact) mass is 533 g/mol. The zero-order valence-electron chi connectivity index (χ0n) is 18.9. The van der Waals surface area contributed by atoms with E-state index >= 15 is 0 Å². The van der Waals surface area contributed by atoms with E-state index in [4.69, 9.17) is 16.3 Å². The van der Waals surface area contributed by atoms with Gasteiger partial charge in [-0.05, 0) is 35.9 Å². The SMILES string of the molecule is O=S(=O)(Nc1nc2cc(Cl)ccc2s1)c1ccccc1-c1cccc2c1N(Cc1ccccc1)CO2. The Kier molecular flexibility index (Phi) is 5.79. The second-order valence-corrected chi connectivity index (χ2v) is 11.5. The van der Waals surface area contributed by atoms with E-state index in [1.54, 1.807) is 24.3 Å². The van der Waals surface area contributed by atoms with Gasteiger partial charge in [0.1, 0.15) is 5.75 Å². The van der Waals surface area contributed by atoms with Gasteiger partial charge in [0.05, 0.1) is 20.8 Å². The number of benzene rings is 4. The highest BCUT2D eigenvalue weighted by Crippen LogP contribution is 2.45. The molecule has 0 unspecified atom stereocenters. The second-order valence-electron chi connectivity index (χ2n) is 8.34. The number of para-hydroxylation sites is 1. The Morgan fingerprint density at radius 3 is 2.58 bits per heavy atom. The molecule has 1 aliphatic rings. The van der Waals surface area contributed by atoms with Crippen molar-refractivity contribution >= 4 is 54.0 Å². The fraction of sp³-hybridized carbons (Fsp3) is 0.0741. The van der Waals surface area contributed by atoms with Crippen molar-refractivity contribution in [1.29, 1.82) is 0 Å². The van der Waals surface area contributed by atoms with Crippen LogP contribution in [0.1, 0.15) is 5.56 Å². The molecule has 0 saturated carbocycles. The molecule has 0 atom stereocenters. The van der Waals surface area contributed by atoms with Gasteiger partial charge in [-0.1, -0.05) is 83.6 Å². The predicted molar refractivity (Wildman–Crippen MR) is 145 cm³/mol. The lowest BCUT2D eigenvalue weighted by Gasteiger charge is -2.21. The summed E-state index contributed by atoms with van der Waals surface area (Å²) < 4.78 is 36.7. The van der Waals surface area contributed by atoms with Crippen LogP contribution in [0.3, 0.4) is 0 Å². The van der Waals surface area contributed by atoms with Crippen LogP contribution in [0.15, 0.2) is 95.9 Å². The molecule has 0 bridgehead atoms. The van der Waals surface area contributed by atoms with Crippen molar-refractivity contribution in [2.75, 3.05) is 16.4 Å². The van der Waals surface area contributed by atoms with E-state index in [9.17, 15) is 8.42 Å². The minimum absolute atomic E-state index is 0.169. The molecule has 4 aromatic carbocycles. The maximum Gasteiger partial charge on any atom is 0.264 e. The Balaban J connectivity index is 1.39. The van der Waals surface area contributed by atoms with Crippen LogP contribution in [0.5, 0.6) is 5.75 Å². The summed E-state index contributed by atoms with van der Waals surface area (Å²) in [5.74, 6) is 0.728. The molecule has 1 N–H and O–H groups in total. The van der Waals surface area contributed by atoms with Crippen LogP contribution in [-0.4, -0.2) is 20.1 Å². The molecule has 0 spiro atoms. The van der Waals surface area contributed by atoms with Gasteiger partial charge in [-0.2, -0.15) is 0 Å². The number of rotatable bonds is 6. The van der Waals surface area contributed by atoms with Gasteiger partial charge in [-0.15, -0.1) is 0 Å². The number of nitrogens with one attached hydrogen (secondary N) is 1. The fourth-order valence-corrected chi connectivity index (χ4v) is 6.83. The highest BCUT2D eigenvalue weighted by atomic mass is 35.5. The van der Waals surface area contributed by atoms with Crippen molar-refractivity contribution in [3.63, 3.8) is 0 Å². The maximum atomic E-state index is 13.6. The number of fused-ring (bicyclic) bond motifs is 2. The molecule has 6 rings (SSSR count). The number of sulfonamides is 1. The Hall–Kier alpha value is -3.59. The zero-order chi connectivity index (χ0) is 24.7. The summed E-state index contributed by atoms with van der Waals surface area (Å²) in [7, 11) is -3.94. The summed E-state index contributed by atoms with van der Waals surface area (Å²) in [6.45, 7) is 1.04. The molecule has 1 aromatic heterocycles. The standard InChI is InChI=1S/C27H20ClN3O3S2/c28-19-13-14-24-22(15-19)29-27(35-24)30-36(32,33)25-12-5-4-9-20(25)21-10-6-11-23-26(21)31(17-34-23)16-18-7-2-1-3-8-18/h1-15H,16-17H2,(H,29,30). The van der Waals surface area contributed by atoms with E-state index in [2.05, 4.69) is 26.7 Å². The molecule has 180 valence electrons. The number of aromatic nitrogens is 1. The summed E-state index contributed by atoms with van der Waals surface area (Å²) >= 11 is 7.33. The van der Waals surface area contributed by atoms with Gasteiger partial charge in [0.2, 0.25) is 0 Å². The van der Waals surface area contributed by atoms with Crippen molar-refractivity contribution in [3.8, 4) is 16.9 Å². The van der Waals surface area contributed by atoms with Crippen molar-refractivity contribution in [2.24, 2.45) is 0 Å². The maximum absolute atomic E-state index is 13.6. The quantitative estimate of drug-likeness (QED) is 0.260. The highest BCUT2D eigenvalue weighted by molar-refractivity contribution is 7.93. The first kappa shape index (κ1) is 22.8. The van der Waals surface area contributed by atoms with E-state index in [-0.39, 0.29) is 10.0 Å². The Morgan fingerprint density at radius 2 is 1.72 bits per heavy atom. The van der Waals surface area contributed by atoms with Gasteiger partial charge in [0.15, 0.2) is 11.9 Å². The number of halogens is 1. The molecular weight excluding hydrogens is 514 g/mol. The molecule has 1 aliphatic heterocycles. The first-order valence-corrected chi connectivity index (χ1v) is 13.9. The van der Waals surface area contributed by atoms with Crippen molar-refractivity contribution < 1.29 is 13.2 Å². The topological polar surface area (TPSA) is 71.5 Å². The highest BCUT2D eigenvalue weighted by Gasteiger charge is 2.28. The van der Waals surface area contributed by atoms with Crippen LogP contribution >= 0.6 is 22.9 Å². The van der Waals surface area contributed by atoms with Crippen LogP contribution < -0.4 is 14.4 Å². The van der Waals surface area contributed by atoms with E-state index in [1.165, 1.54) is 11.3 Å². The van der Waals surface area contributed by atoms with Crippen molar-refractivity contribution in [2.45, 2.75) is 11.4 Å². The van der Waals surface area contributed by atoms with Crippen LogP contribution in [0.2, 0.25) is 5.02 Å². The molecule has 0 radical (unpaired) electrons. The van der Waals surface area contributed by atoms with Crippen molar-refractivity contribution in [3.05, 3.63) is 102 Å². The summed E-state index contributed by atoms with van der Waals surface area (Å²) in [4.78, 5) is 6.71. The normalized spacial score (nSPS) is 13.0. The smallest absolute Gasteiger partial charge is 0.264 e. The first-order valence-electron chi connectivity index (χ1n) is 11.2. The fourth-order valence-electron chi connectivity index (χ4n) is 4.36. The molecular formula is C27H20ClN3O3S2. The average Bonchev–Trinajstić information content (AvgIpc) is 3.47. The zero-order valence-corrected chi connectivity index (χ0v) is 21.3. The summed E-state index contributed by atoms with van der Waals surface area (Å²) in [6, 6.07) is 28.1. The summed E-state index contributed by atoms with van der Waals surface area (Å²) in [6.07, 6.45) is 0. The minimum atomic E-state index is -3.94. The lowest BCUT2D eigenvalue weighted by Crippen LogP contribution is -2.22. The number of hydrogen-bond acceptors (Lipinski definition) is 6. The molecule has 9 heteroatoms. The van der Waals surface area contributed by atoms with Gasteiger partial charge < -0.3 is 9.64 Å². The number of anilines is 2. The minimum Gasteiger partial charge on any atom is -0.471 e. The van der Waals surface area contributed by atoms with Gasteiger partial charge in [0, 0.05) is 22.7 Å². The molecule has 36 heavy (non-hydrogen) atoms. The van der Waals surface area contributed by atoms with Crippen LogP contribution in [-0.2, 0) is 16.6 Å². The van der Waals surface area contributed by atoms with Crippen LogP contribution in [0.4, 0.5) is 10.8 Å². The van der Waals surface area contributed by atoms with E-state index in [0.29, 0.717) is 29.4 Å². The average molecular weight is 534 g/mol. The van der Waals surface area contributed by atoms with Crippen molar-refractivity contribution in [1.82, 2.24) is 4.98 Å². The molecule has 0 amide bonds. The molecule has 2 heterocycles. The first-order chi connectivity index (χ1) is 17.5. The number of nitrogens with zero attached hydrogens (tertiary/aromatic N) is 2. The number of hydrogen-bond donors (Lipinski definition) is 1. The second kappa shape index (κ2) is 9.13. The van der Waals surface area contributed by atoms with Crippen LogP contribution in [0, 0.1) is 0 Å². The largest absolute Gasteiger partial charge is 0.471 e. The lowest BCUT2D eigenvalue weighted by atomic mass is 10.0. The number of thiazole rings is 1. The van der Waals surface area contributed by atoms with E-state index in [0.717, 1.165) is 27.3 Å². The molecule has 5 aromatic rings. The molecule has 0 fully saturated rings. The summed E-state index contributed by atoms with van der Waals surface area (Å²) in [5, 5.41) is 0.835. The van der Waals surface area contributed by atoms with Gasteiger partial charge in [-0.3, -0.25) is 4.72 Å². The van der Waals surface area contributed by atoms with Gasteiger partial charge in [-0.25, -0.2) is 13.4 Å². The van der Waals surface area contributed by atoms with E-state index < -0.39 is 10.0 Å².